The minimum atomic E-state index is -1.54. The molecule has 1 rings (SSSR count). The van der Waals surface area contributed by atoms with Crippen LogP contribution in [-0.4, -0.2) is 32.5 Å². The molecule has 0 bridgehead atoms. The fourth-order valence-corrected chi connectivity index (χ4v) is 12.7. The standard InChI is InChI=1S/C14H26N2O2Si2/c1-8-11-9-12(10-15-13(11)14(17)18)16(19(2,3)4)20(5,6)7/h9-10H,8H2,1-7H3,(H,17,18). The Morgan fingerprint density at radius 3 is 2.05 bits per heavy atom. The number of nitrogens with zero attached hydrogens (tertiary/aromatic N) is 2. The molecule has 0 aliphatic rings. The summed E-state index contributed by atoms with van der Waals surface area (Å²) in [5.74, 6) is -0.944. The quantitative estimate of drug-likeness (QED) is 0.840. The number of anilines is 1. The van der Waals surface area contributed by atoms with E-state index in [0.29, 0.717) is 6.42 Å². The molecule has 0 radical (unpaired) electrons. The third-order valence-electron chi connectivity index (χ3n) is 3.14. The van der Waals surface area contributed by atoms with Gasteiger partial charge in [0.1, 0.15) is 16.5 Å². The lowest BCUT2D eigenvalue weighted by Gasteiger charge is -2.45. The minimum Gasteiger partial charge on any atom is -0.477 e. The molecular formula is C14H26N2O2Si2. The lowest BCUT2D eigenvalue weighted by Crippen LogP contribution is -2.59. The van der Waals surface area contributed by atoms with Gasteiger partial charge in [0.15, 0.2) is 5.69 Å². The Labute approximate surface area is 124 Å². The molecule has 4 nitrogen and oxygen atoms in total. The van der Waals surface area contributed by atoms with E-state index in [9.17, 15) is 9.90 Å². The van der Waals surface area contributed by atoms with Crippen molar-refractivity contribution < 1.29 is 9.90 Å². The Kier molecular flexibility index (Phi) is 4.81. The Morgan fingerprint density at radius 2 is 1.70 bits per heavy atom. The summed E-state index contributed by atoms with van der Waals surface area (Å²) in [6.45, 7) is 15.9. The fraction of sp³-hybridized carbons (Fsp3) is 0.571. The maximum Gasteiger partial charge on any atom is 0.354 e. The smallest absolute Gasteiger partial charge is 0.354 e. The predicted octanol–water partition coefficient (Wildman–Crippen LogP) is 3.82. The molecule has 0 saturated heterocycles. The molecule has 0 spiro atoms. The normalized spacial score (nSPS) is 12.3. The van der Waals surface area contributed by atoms with Crippen molar-refractivity contribution in [1.29, 1.82) is 0 Å². The van der Waals surface area contributed by atoms with E-state index >= 15 is 0 Å². The van der Waals surface area contributed by atoms with Crippen LogP contribution in [0, 0.1) is 0 Å². The molecule has 0 fully saturated rings. The predicted molar refractivity (Wildman–Crippen MR) is 89.7 cm³/mol. The fourth-order valence-electron chi connectivity index (χ4n) is 2.86. The van der Waals surface area contributed by atoms with E-state index in [1.54, 1.807) is 6.20 Å². The van der Waals surface area contributed by atoms with Gasteiger partial charge in [0.05, 0.1) is 0 Å². The molecule has 20 heavy (non-hydrogen) atoms. The molecule has 0 atom stereocenters. The molecule has 0 aliphatic carbocycles. The zero-order valence-corrected chi connectivity index (χ0v) is 15.6. The van der Waals surface area contributed by atoms with Crippen LogP contribution in [0.25, 0.3) is 0 Å². The van der Waals surface area contributed by atoms with Gasteiger partial charge in [-0.05, 0) is 18.1 Å². The van der Waals surface area contributed by atoms with Gasteiger partial charge in [0.25, 0.3) is 0 Å². The van der Waals surface area contributed by atoms with E-state index < -0.39 is 22.4 Å². The molecular weight excluding hydrogens is 284 g/mol. The lowest BCUT2D eigenvalue weighted by atomic mass is 10.1. The van der Waals surface area contributed by atoms with E-state index in [1.807, 2.05) is 13.0 Å². The van der Waals surface area contributed by atoms with E-state index in [2.05, 4.69) is 48.5 Å². The summed E-state index contributed by atoms with van der Waals surface area (Å²) < 4.78 is 2.55. The van der Waals surface area contributed by atoms with Gasteiger partial charge in [-0.15, -0.1) is 0 Å². The highest BCUT2D eigenvalue weighted by molar-refractivity contribution is 6.99. The number of aryl methyl sites for hydroxylation is 1. The van der Waals surface area contributed by atoms with Crippen LogP contribution in [-0.2, 0) is 6.42 Å². The van der Waals surface area contributed by atoms with Gasteiger partial charge >= 0.3 is 5.97 Å². The van der Waals surface area contributed by atoms with Gasteiger partial charge in [-0.1, -0.05) is 46.2 Å². The van der Waals surface area contributed by atoms with Crippen molar-refractivity contribution in [2.24, 2.45) is 0 Å². The van der Waals surface area contributed by atoms with Crippen LogP contribution in [0.15, 0.2) is 12.3 Å². The molecule has 0 aliphatic heterocycles. The van der Waals surface area contributed by atoms with Crippen LogP contribution in [0.1, 0.15) is 23.0 Å². The Balaban J connectivity index is 3.40. The first-order chi connectivity index (χ1) is 8.98. The number of aromatic carboxylic acids is 1. The summed E-state index contributed by atoms with van der Waals surface area (Å²) in [6, 6.07) is 2.02. The first kappa shape index (κ1) is 16.9. The van der Waals surface area contributed by atoms with Crippen molar-refractivity contribution in [2.45, 2.75) is 52.6 Å². The van der Waals surface area contributed by atoms with E-state index in [1.165, 1.54) is 0 Å². The molecule has 0 saturated carbocycles. The molecule has 1 aromatic heterocycles. The number of aromatic nitrogens is 1. The largest absolute Gasteiger partial charge is 0.477 e. The average Bonchev–Trinajstić information content (AvgIpc) is 2.24. The van der Waals surface area contributed by atoms with Crippen molar-refractivity contribution >= 4 is 28.1 Å². The summed E-state index contributed by atoms with van der Waals surface area (Å²) in [7, 11) is -3.07. The maximum atomic E-state index is 11.2. The number of hydrogen-bond donors (Lipinski definition) is 1. The first-order valence-corrected chi connectivity index (χ1v) is 13.9. The number of rotatable bonds is 5. The summed E-state index contributed by atoms with van der Waals surface area (Å²) in [5, 5.41) is 9.19. The zero-order valence-electron chi connectivity index (χ0n) is 13.6. The van der Waals surface area contributed by atoms with Crippen molar-refractivity contribution in [3.05, 3.63) is 23.5 Å². The highest BCUT2D eigenvalue weighted by Crippen LogP contribution is 2.29. The summed E-state index contributed by atoms with van der Waals surface area (Å²) >= 11 is 0. The Bertz CT molecular complexity index is 491. The third kappa shape index (κ3) is 3.70. The molecule has 1 N–H and O–H groups in total. The average molecular weight is 311 g/mol. The van der Waals surface area contributed by atoms with Crippen LogP contribution < -0.4 is 4.23 Å². The number of pyridine rings is 1. The van der Waals surface area contributed by atoms with Gasteiger partial charge < -0.3 is 9.34 Å². The number of carbonyl (C=O) groups is 1. The van der Waals surface area contributed by atoms with Gasteiger partial charge in [0.2, 0.25) is 0 Å². The van der Waals surface area contributed by atoms with Crippen LogP contribution in [0.3, 0.4) is 0 Å². The summed E-state index contributed by atoms with van der Waals surface area (Å²) in [6.07, 6.45) is 2.42. The zero-order chi connectivity index (χ0) is 15.7. The summed E-state index contributed by atoms with van der Waals surface area (Å²) in [5.41, 5.74) is 2.09. The number of carboxylic acids is 1. The van der Waals surface area contributed by atoms with Gasteiger partial charge in [-0.3, -0.25) is 0 Å². The van der Waals surface area contributed by atoms with Gasteiger partial charge in [-0.25, -0.2) is 9.78 Å². The second kappa shape index (κ2) is 5.69. The summed E-state index contributed by atoms with van der Waals surface area (Å²) in [4.78, 5) is 15.4. The van der Waals surface area contributed by atoms with Crippen molar-refractivity contribution in [3.63, 3.8) is 0 Å². The Hall–Kier alpha value is -1.15. The first-order valence-electron chi connectivity index (χ1n) is 7.01. The van der Waals surface area contributed by atoms with Gasteiger partial charge in [-0.2, -0.15) is 0 Å². The lowest BCUT2D eigenvalue weighted by molar-refractivity contribution is 0.0689. The second-order valence-electron chi connectivity index (χ2n) is 7.04. The van der Waals surface area contributed by atoms with Crippen LogP contribution in [0.5, 0.6) is 0 Å². The molecule has 0 amide bonds. The van der Waals surface area contributed by atoms with Crippen molar-refractivity contribution in [2.75, 3.05) is 4.23 Å². The van der Waals surface area contributed by atoms with E-state index in [-0.39, 0.29) is 5.69 Å². The number of carboxylic acid groups (broad SMARTS) is 1. The molecule has 6 heteroatoms. The highest BCUT2D eigenvalue weighted by Gasteiger charge is 2.35. The highest BCUT2D eigenvalue weighted by atomic mass is 28.4. The number of hydrogen-bond acceptors (Lipinski definition) is 3. The molecule has 0 aromatic carbocycles. The SMILES string of the molecule is CCc1cc(N([Si](C)(C)C)[Si](C)(C)C)cnc1C(=O)O. The molecule has 112 valence electrons. The Morgan fingerprint density at radius 1 is 1.20 bits per heavy atom. The van der Waals surface area contributed by atoms with Crippen molar-refractivity contribution in [1.82, 2.24) is 4.98 Å². The van der Waals surface area contributed by atoms with Crippen LogP contribution in [0.4, 0.5) is 5.69 Å². The van der Waals surface area contributed by atoms with Crippen LogP contribution >= 0.6 is 0 Å². The maximum absolute atomic E-state index is 11.2. The third-order valence-corrected chi connectivity index (χ3v) is 10.4. The monoisotopic (exact) mass is 310 g/mol. The topological polar surface area (TPSA) is 53.4 Å². The second-order valence-corrected chi connectivity index (χ2v) is 17.1. The van der Waals surface area contributed by atoms with E-state index in [4.69, 9.17) is 0 Å². The molecule has 1 heterocycles. The minimum absolute atomic E-state index is 0.183. The van der Waals surface area contributed by atoms with Crippen molar-refractivity contribution in [3.8, 4) is 0 Å². The van der Waals surface area contributed by atoms with Crippen LogP contribution in [0.2, 0.25) is 39.3 Å². The van der Waals surface area contributed by atoms with Gasteiger partial charge in [0, 0.05) is 11.9 Å². The molecule has 1 aromatic rings. The molecule has 0 unspecified atom stereocenters. The van der Waals surface area contributed by atoms with E-state index in [0.717, 1.165) is 11.3 Å².